The molecule has 0 spiro atoms. The van der Waals surface area contributed by atoms with Gasteiger partial charge < -0.3 is 19.7 Å². The lowest BCUT2D eigenvalue weighted by Crippen LogP contribution is -2.29. The molecule has 1 saturated heterocycles. The van der Waals surface area contributed by atoms with Gasteiger partial charge >= 0.3 is 5.91 Å². The van der Waals surface area contributed by atoms with Gasteiger partial charge in [0, 0.05) is 11.1 Å². The van der Waals surface area contributed by atoms with Crippen LogP contribution in [0.2, 0.25) is 0 Å². The number of aromatic nitrogens is 1. The van der Waals surface area contributed by atoms with Crippen molar-refractivity contribution in [3.8, 4) is 17.2 Å². The average molecular weight is 559 g/mol. The van der Waals surface area contributed by atoms with Crippen LogP contribution in [0.5, 0.6) is 17.2 Å². The maximum Gasteiger partial charge on any atom is 0.301 e. The molecule has 4 aromatic rings. The molecule has 40 heavy (non-hydrogen) atoms. The first-order chi connectivity index (χ1) is 19.0. The fourth-order valence-corrected chi connectivity index (χ4v) is 5.85. The summed E-state index contributed by atoms with van der Waals surface area (Å²) in [7, 11) is 1.57. The summed E-state index contributed by atoms with van der Waals surface area (Å²) in [6.07, 6.45) is 0. The summed E-state index contributed by atoms with van der Waals surface area (Å²) in [5.74, 6) is -0.549. The summed E-state index contributed by atoms with van der Waals surface area (Å²) in [4.78, 5) is 33.1. The summed E-state index contributed by atoms with van der Waals surface area (Å²) in [5.41, 5.74) is 2.06. The Morgan fingerprint density at radius 2 is 1.77 bits per heavy atom. The fourth-order valence-electron chi connectivity index (χ4n) is 4.82. The number of thiazole rings is 1. The largest absolute Gasteiger partial charge is 0.508 e. The molecule has 0 bridgehead atoms. The van der Waals surface area contributed by atoms with Crippen LogP contribution >= 0.6 is 11.3 Å². The van der Waals surface area contributed by atoms with Gasteiger partial charge in [-0.25, -0.2) is 4.98 Å². The monoisotopic (exact) mass is 558 g/mol. The van der Waals surface area contributed by atoms with Gasteiger partial charge in [-0.15, -0.1) is 0 Å². The third-order valence-corrected chi connectivity index (χ3v) is 7.82. The number of ketones is 1. The van der Waals surface area contributed by atoms with E-state index in [2.05, 4.69) is 4.98 Å². The first-order valence-corrected chi connectivity index (χ1v) is 13.7. The molecular formula is C31H30N2O6S. The highest BCUT2D eigenvalue weighted by atomic mass is 32.1. The van der Waals surface area contributed by atoms with Crippen LogP contribution < -0.4 is 14.4 Å². The minimum absolute atomic E-state index is 0.0362. The number of aromatic hydroxyl groups is 1. The molecule has 0 aliphatic carbocycles. The van der Waals surface area contributed by atoms with E-state index in [0.29, 0.717) is 39.9 Å². The lowest BCUT2D eigenvalue weighted by molar-refractivity contribution is -0.132. The van der Waals surface area contributed by atoms with E-state index in [1.807, 2.05) is 33.8 Å². The molecule has 3 aromatic carbocycles. The summed E-state index contributed by atoms with van der Waals surface area (Å²) in [5, 5.41) is 21.9. The van der Waals surface area contributed by atoms with E-state index in [4.69, 9.17) is 9.47 Å². The molecule has 1 unspecified atom stereocenters. The number of fused-ring (bicyclic) bond motifs is 1. The molecule has 2 N–H and O–H groups in total. The number of carbonyl (C=O) groups is 2. The van der Waals surface area contributed by atoms with E-state index in [1.54, 1.807) is 49.6 Å². The van der Waals surface area contributed by atoms with E-state index in [9.17, 15) is 19.8 Å². The van der Waals surface area contributed by atoms with Gasteiger partial charge in [0.15, 0.2) is 5.13 Å². The van der Waals surface area contributed by atoms with Crippen LogP contribution in [0.15, 0.2) is 66.2 Å². The zero-order valence-electron chi connectivity index (χ0n) is 22.9. The maximum atomic E-state index is 13.6. The number of carbonyl (C=O) groups excluding carboxylic acids is 2. The molecule has 0 saturated carbocycles. The van der Waals surface area contributed by atoms with Gasteiger partial charge in [0.2, 0.25) is 0 Å². The number of aliphatic hydroxyl groups excluding tert-OH is 1. The number of aliphatic hydroxyl groups is 1. The SMILES string of the molecule is CCOc1ccc(/C(O)=C2\C(=O)C(=O)N(c3nc4ccc(OC)cc4s3)C2c2ccc(O)cc2)cc1C(C)(C)C. The topological polar surface area (TPSA) is 109 Å². The van der Waals surface area contributed by atoms with Crippen LogP contribution in [0.25, 0.3) is 16.0 Å². The molecule has 1 amide bonds. The van der Waals surface area contributed by atoms with Gasteiger partial charge in [0.1, 0.15) is 23.0 Å². The number of Topliss-reactive ketones (excluding diaryl/α,β-unsaturated/α-hetero) is 1. The molecule has 1 aliphatic rings. The summed E-state index contributed by atoms with van der Waals surface area (Å²) >= 11 is 1.25. The Morgan fingerprint density at radius 1 is 1.05 bits per heavy atom. The highest BCUT2D eigenvalue weighted by Gasteiger charge is 2.48. The second kappa shape index (κ2) is 10.3. The number of hydrogen-bond acceptors (Lipinski definition) is 8. The number of benzene rings is 3. The van der Waals surface area contributed by atoms with Crippen molar-refractivity contribution < 1.29 is 29.3 Å². The van der Waals surface area contributed by atoms with Gasteiger partial charge in [-0.1, -0.05) is 44.2 Å². The number of phenolic OH excluding ortho intramolecular Hbond substituents is 1. The Hall–Kier alpha value is -4.37. The van der Waals surface area contributed by atoms with Crippen molar-refractivity contribution in [3.05, 3.63) is 82.9 Å². The second-order valence-corrected chi connectivity index (χ2v) is 11.5. The third-order valence-electron chi connectivity index (χ3n) is 6.80. The van der Waals surface area contributed by atoms with Crippen LogP contribution in [0.3, 0.4) is 0 Å². The normalized spacial score (nSPS) is 17.0. The summed E-state index contributed by atoms with van der Waals surface area (Å²) in [6, 6.07) is 15.9. The number of methoxy groups -OCH3 is 1. The quantitative estimate of drug-likeness (QED) is 0.162. The zero-order valence-corrected chi connectivity index (χ0v) is 23.7. The predicted molar refractivity (Wildman–Crippen MR) is 155 cm³/mol. The molecule has 206 valence electrons. The Balaban J connectivity index is 1.71. The molecular weight excluding hydrogens is 528 g/mol. The van der Waals surface area contributed by atoms with E-state index in [0.717, 1.165) is 10.3 Å². The van der Waals surface area contributed by atoms with Crippen molar-refractivity contribution in [2.75, 3.05) is 18.6 Å². The lowest BCUT2D eigenvalue weighted by atomic mass is 9.84. The number of ether oxygens (including phenoxy) is 2. The number of rotatable bonds is 6. The number of phenols is 1. The first-order valence-electron chi connectivity index (χ1n) is 12.9. The van der Waals surface area contributed by atoms with Gasteiger partial charge in [-0.2, -0.15) is 0 Å². The van der Waals surface area contributed by atoms with Gasteiger partial charge in [-0.3, -0.25) is 14.5 Å². The number of hydrogen-bond donors (Lipinski definition) is 2. The Kier molecular flexibility index (Phi) is 7.01. The number of amides is 1. The van der Waals surface area contributed by atoms with Crippen molar-refractivity contribution in [2.45, 2.75) is 39.2 Å². The van der Waals surface area contributed by atoms with Crippen LogP contribution in [0.1, 0.15) is 50.4 Å². The highest BCUT2D eigenvalue weighted by molar-refractivity contribution is 7.22. The Bertz CT molecular complexity index is 1650. The minimum atomic E-state index is -0.965. The van der Waals surface area contributed by atoms with Gasteiger partial charge in [-0.05, 0) is 66.4 Å². The number of anilines is 1. The van der Waals surface area contributed by atoms with Crippen molar-refractivity contribution in [1.29, 1.82) is 0 Å². The van der Waals surface area contributed by atoms with Crippen LogP contribution in [0.4, 0.5) is 5.13 Å². The predicted octanol–water partition coefficient (Wildman–Crippen LogP) is 6.33. The molecule has 1 aliphatic heterocycles. The Morgan fingerprint density at radius 3 is 2.42 bits per heavy atom. The molecule has 8 nitrogen and oxygen atoms in total. The molecule has 2 heterocycles. The molecule has 1 atom stereocenters. The van der Waals surface area contributed by atoms with E-state index >= 15 is 0 Å². The highest BCUT2D eigenvalue weighted by Crippen LogP contribution is 2.45. The molecule has 5 rings (SSSR count). The summed E-state index contributed by atoms with van der Waals surface area (Å²) < 4.78 is 11.9. The second-order valence-electron chi connectivity index (χ2n) is 10.5. The Labute approximate surface area is 236 Å². The maximum absolute atomic E-state index is 13.6. The fraction of sp³-hybridized carbons (Fsp3) is 0.258. The molecule has 9 heteroatoms. The minimum Gasteiger partial charge on any atom is -0.508 e. The van der Waals surface area contributed by atoms with E-state index < -0.39 is 17.7 Å². The smallest absolute Gasteiger partial charge is 0.301 e. The summed E-state index contributed by atoms with van der Waals surface area (Å²) in [6.45, 7) is 8.48. The van der Waals surface area contributed by atoms with Crippen LogP contribution in [-0.4, -0.2) is 40.6 Å². The van der Waals surface area contributed by atoms with Crippen molar-refractivity contribution in [3.63, 3.8) is 0 Å². The molecule has 0 radical (unpaired) electrons. The van der Waals surface area contributed by atoms with Crippen molar-refractivity contribution in [1.82, 2.24) is 4.98 Å². The van der Waals surface area contributed by atoms with Crippen molar-refractivity contribution in [2.24, 2.45) is 0 Å². The van der Waals surface area contributed by atoms with Crippen molar-refractivity contribution >= 4 is 44.1 Å². The van der Waals surface area contributed by atoms with E-state index in [-0.39, 0.29) is 22.5 Å². The standard InChI is InChI=1S/C31H30N2O6S/c1-6-39-23-14-9-18(15-21(23)31(2,3)4)27(35)25-26(17-7-10-19(34)11-8-17)33(29(37)28(25)36)30-32-22-13-12-20(38-5)16-24(22)40-30/h7-16,26,34-35H,6H2,1-5H3/b27-25+. The lowest BCUT2D eigenvalue weighted by Gasteiger charge is -2.25. The molecule has 1 fully saturated rings. The third kappa shape index (κ3) is 4.77. The van der Waals surface area contributed by atoms with Crippen LogP contribution in [0, 0.1) is 0 Å². The van der Waals surface area contributed by atoms with Gasteiger partial charge in [0.05, 0.1) is 35.5 Å². The van der Waals surface area contributed by atoms with E-state index in [1.165, 1.54) is 28.4 Å². The zero-order chi connectivity index (χ0) is 28.8. The van der Waals surface area contributed by atoms with Crippen LogP contribution in [-0.2, 0) is 15.0 Å². The molecule has 1 aromatic heterocycles. The average Bonchev–Trinajstić information content (AvgIpc) is 3.46. The van der Waals surface area contributed by atoms with Gasteiger partial charge in [0.25, 0.3) is 5.78 Å². The number of nitrogens with zero attached hydrogens (tertiary/aromatic N) is 2. The first kappa shape index (κ1) is 27.2.